The number of aliphatic imine (C=N–C) groups is 1. The first-order chi connectivity index (χ1) is 28.2. The molecule has 9 aromatic carbocycles. The van der Waals surface area contributed by atoms with E-state index in [9.17, 15) is 0 Å². The SMILES string of the molecule is c1ccc(-c2ccc(N(c3cc(-c4ccccc4)cc(-c4ccccc4)c3)c3ccc4c(c3C3=Nc5ccccc5C3)-c3ccc5ccccc5c3C4)cc2)cc1. The molecule has 1 heterocycles. The maximum atomic E-state index is 5.44. The lowest BCUT2D eigenvalue weighted by Gasteiger charge is -2.30. The van der Waals surface area contributed by atoms with Gasteiger partial charge in [0, 0.05) is 23.4 Å². The molecule has 0 amide bonds. The molecule has 0 saturated heterocycles. The Morgan fingerprint density at radius 1 is 0.386 bits per heavy atom. The van der Waals surface area contributed by atoms with E-state index in [1.165, 1.54) is 77.5 Å². The largest absolute Gasteiger partial charge is 0.310 e. The molecular weight excluding hydrogens is 689 g/mol. The Morgan fingerprint density at radius 3 is 1.67 bits per heavy atom. The molecule has 0 atom stereocenters. The Kier molecular flexibility index (Phi) is 8.00. The van der Waals surface area contributed by atoms with Gasteiger partial charge in [-0.1, -0.05) is 164 Å². The van der Waals surface area contributed by atoms with Crippen LogP contribution in [0.5, 0.6) is 0 Å². The minimum Gasteiger partial charge on any atom is -0.310 e. The molecule has 0 unspecified atom stereocenters. The maximum absolute atomic E-state index is 5.44. The second kappa shape index (κ2) is 13.8. The highest BCUT2D eigenvalue weighted by Crippen LogP contribution is 2.50. The summed E-state index contributed by atoms with van der Waals surface area (Å²) in [6.45, 7) is 0. The van der Waals surface area contributed by atoms with Crippen molar-refractivity contribution in [1.82, 2.24) is 0 Å². The lowest BCUT2D eigenvalue weighted by molar-refractivity contribution is 1.24. The average Bonchev–Trinajstić information content (AvgIpc) is 3.90. The van der Waals surface area contributed by atoms with Crippen molar-refractivity contribution in [3.63, 3.8) is 0 Å². The molecule has 0 spiro atoms. The standard InChI is InChI=1S/C55H38N2/c1-4-14-37(15-5-1)40-24-28-46(29-25-40)57(47-33-44(38-16-6-2-7-17-38)32-45(34-47)39-18-8-3-9-19-39)53-31-27-43-35-50-48-22-12-10-20-41(48)26-30-49(50)54(43)55(53)52-36-42-21-11-13-23-51(42)56-52/h1-34H,35-36H2. The fourth-order valence-electron chi connectivity index (χ4n) is 8.99. The number of nitrogens with zero attached hydrogens (tertiary/aromatic N) is 2. The van der Waals surface area contributed by atoms with E-state index in [1.807, 2.05) is 0 Å². The van der Waals surface area contributed by atoms with Gasteiger partial charge in [0.05, 0.1) is 17.1 Å². The number of hydrogen-bond acceptors (Lipinski definition) is 2. The van der Waals surface area contributed by atoms with Crippen molar-refractivity contribution >= 4 is 39.2 Å². The molecule has 11 rings (SSSR count). The van der Waals surface area contributed by atoms with Gasteiger partial charge in [-0.3, -0.25) is 4.99 Å². The van der Waals surface area contributed by atoms with E-state index in [2.05, 4.69) is 211 Å². The van der Waals surface area contributed by atoms with E-state index in [4.69, 9.17) is 4.99 Å². The summed E-state index contributed by atoms with van der Waals surface area (Å²) in [5.41, 5.74) is 20.4. The third-order valence-corrected chi connectivity index (χ3v) is 11.7. The highest BCUT2D eigenvalue weighted by molar-refractivity contribution is 6.17. The van der Waals surface area contributed by atoms with Crippen LogP contribution in [-0.4, -0.2) is 5.71 Å². The quantitative estimate of drug-likeness (QED) is 0.160. The van der Waals surface area contributed by atoms with Crippen molar-refractivity contribution < 1.29 is 0 Å². The fraction of sp³-hybridized carbons (Fsp3) is 0.0364. The maximum Gasteiger partial charge on any atom is 0.0669 e. The number of benzene rings is 9. The van der Waals surface area contributed by atoms with Crippen LogP contribution in [0.15, 0.2) is 211 Å². The van der Waals surface area contributed by atoms with Crippen LogP contribution >= 0.6 is 0 Å². The van der Waals surface area contributed by atoms with Crippen molar-refractivity contribution in [3.05, 3.63) is 229 Å². The van der Waals surface area contributed by atoms with Gasteiger partial charge < -0.3 is 4.90 Å². The van der Waals surface area contributed by atoms with Gasteiger partial charge in [-0.2, -0.15) is 0 Å². The summed E-state index contributed by atoms with van der Waals surface area (Å²) in [5, 5.41) is 2.61. The molecule has 57 heavy (non-hydrogen) atoms. The van der Waals surface area contributed by atoms with E-state index in [0.29, 0.717) is 0 Å². The van der Waals surface area contributed by atoms with Gasteiger partial charge in [0.25, 0.3) is 0 Å². The molecule has 1 aliphatic carbocycles. The predicted octanol–water partition coefficient (Wildman–Crippen LogP) is 14.6. The highest BCUT2D eigenvalue weighted by Gasteiger charge is 2.32. The fourth-order valence-corrected chi connectivity index (χ4v) is 8.99. The highest BCUT2D eigenvalue weighted by atomic mass is 15.1. The van der Waals surface area contributed by atoms with Crippen LogP contribution in [0.3, 0.4) is 0 Å². The summed E-state index contributed by atoms with van der Waals surface area (Å²) in [6, 6.07) is 75.1. The van der Waals surface area contributed by atoms with Crippen LogP contribution < -0.4 is 4.90 Å². The van der Waals surface area contributed by atoms with Gasteiger partial charge in [0.15, 0.2) is 0 Å². The van der Waals surface area contributed by atoms with E-state index in [-0.39, 0.29) is 0 Å². The Bertz CT molecular complexity index is 2920. The number of fused-ring (bicyclic) bond motifs is 6. The van der Waals surface area contributed by atoms with Gasteiger partial charge in [-0.25, -0.2) is 0 Å². The molecule has 268 valence electrons. The topological polar surface area (TPSA) is 15.6 Å². The summed E-state index contributed by atoms with van der Waals surface area (Å²) >= 11 is 0. The van der Waals surface area contributed by atoms with Gasteiger partial charge in [0.2, 0.25) is 0 Å². The predicted molar refractivity (Wildman–Crippen MR) is 240 cm³/mol. The molecule has 0 N–H and O–H groups in total. The smallest absolute Gasteiger partial charge is 0.0669 e. The molecule has 0 fully saturated rings. The molecule has 1 aliphatic heterocycles. The number of para-hydroxylation sites is 1. The Balaban J connectivity index is 1.19. The van der Waals surface area contributed by atoms with Crippen LogP contribution in [-0.2, 0) is 12.8 Å². The summed E-state index contributed by atoms with van der Waals surface area (Å²) in [7, 11) is 0. The zero-order chi connectivity index (χ0) is 37.7. The van der Waals surface area contributed by atoms with Crippen LogP contribution in [0, 0.1) is 0 Å². The second-order valence-electron chi connectivity index (χ2n) is 15.1. The second-order valence-corrected chi connectivity index (χ2v) is 15.1. The van der Waals surface area contributed by atoms with Gasteiger partial charge in [-0.15, -0.1) is 0 Å². The summed E-state index contributed by atoms with van der Waals surface area (Å²) in [6.07, 6.45) is 1.68. The molecule has 0 saturated carbocycles. The third kappa shape index (κ3) is 5.86. The molecule has 2 aliphatic rings. The Morgan fingerprint density at radius 2 is 0.982 bits per heavy atom. The number of hydrogen-bond donors (Lipinski definition) is 0. The zero-order valence-electron chi connectivity index (χ0n) is 31.4. The minimum absolute atomic E-state index is 0.780. The van der Waals surface area contributed by atoms with E-state index >= 15 is 0 Å². The monoisotopic (exact) mass is 726 g/mol. The summed E-state index contributed by atoms with van der Waals surface area (Å²) in [5.74, 6) is 0. The minimum atomic E-state index is 0.780. The molecule has 0 aromatic heterocycles. The van der Waals surface area contributed by atoms with Crippen LogP contribution in [0.25, 0.3) is 55.3 Å². The van der Waals surface area contributed by atoms with Crippen molar-refractivity contribution in [2.24, 2.45) is 4.99 Å². The van der Waals surface area contributed by atoms with Gasteiger partial charge in [-0.05, 0) is 121 Å². The molecule has 2 nitrogen and oxygen atoms in total. The van der Waals surface area contributed by atoms with E-state index < -0.39 is 0 Å². The first-order valence-electron chi connectivity index (χ1n) is 19.8. The van der Waals surface area contributed by atoms with Crippen molar-refractivity contribution in [3.8, 4) is 44.5 Å². The Hall–Kier alpha value is -7.29. The van der Waals surface area contributed by atoms with Crippen molar-refractivity contribution in [2.75, 3.05) is 4.90 Å². The molecule has 9 aromatic rings. The van der Waals surface area contributed by atoms with Crippen LogP contribution in [0.2, 0.25) is 0 Å². The summed E-state index contributed by atoms with van der Waals surface area (Å²) < 4.78 is 0. The zero-order valence-corrected chi connectivity index (χ0v) is 31.4. The lowest BCUT2D eigenvalue weighted by atomic mass is 9.90. The number of rotatable bonds is 7. The molecule has 0 radical (unpaired) electrons. The summed E-state index contributed by atoms with van der Waals surface area (Å²) in [4.78, 5) is 7.92. The third-order valence-electron chi connectivity index (χ3n) is 11.7. The first-order valence-corrected chi connectivity index (χ1v) is 19.8. The molecule has 0 bridgehead atoms. The molecule has 2 heteroatoms. The lowest BCUT2D eigenvalue weighted by Crippen LogP contribution is -2.16. The van der Waals surface area contributed by atoms with Crippen LogP contribution in [0.4, 0.5) is 22.7 Å². The molecular formula is C55H38N2. The van der Waals surface area contributed by atoms with Crippen molar-refractivity contribution in [2.45, 2.75) is 12.8 Å². The first kappa shape index (κ1) is 33.1. The van der Waals surface area contributed by atoms with Crippen molar-refractivity contribution in [1.29, 1.82) is 0 Å². The van der Waals surface area contributed by atoms with Gasteiger partial charge >= 0.3 is 0 Å². The average molecular weight is 727 g/mol. The van der Waals surface area contributed by atoms with E-state index in [0.717, 1.165) is 41.3 Å². The number of anilines is 3. The van der Waals surface area contributed by atoms with Gasteiger partial charge in [0.1, 0.15) is 0 Å². The van der Waals surface area contributed by atoms with E-state index in [1.54, 1.807) is 0 Å². The van der Waals surface area contributed by atoms with Crippen LogP contribution in [0.1, 0.15) is 22.3 Å². The Labute approximate surface area is 333 Å². The normalized spacial score (nSPS) is 12.5.